The lowest BCUT2D eigenvalue weighted by molar-refractivity contribution is 0.994. The van der Waals surface area contributed by atoms with E-state index in [1.54, 1.807) is 0 Å². The van der Waals surface area contributed by atoms with Crippen LogP contribution in [0, 0.1) is 5.53 Å². The van der Waals surface area contributed by atoms with E-state index in [9.17, 15) is 0 Å². The predicted molar refractivity (Wildman–Crippen MR) is 33.5 cm³/mol. The number of nitrogens with zero attached hydrogens (tertiary/aromatic N) is 4. The van der Waals surface area contributed by atoms with E-state index < -0.39 is 0 Å². The van der Waals surface area contributed by atoms with Crippen molar-refractivity contribution in [2.75, 3.05) is 11.5 Å². The largest absolute Gasteiger partial charge is 0.368 e. The SMILES string of the molecule is N=Nc1nc(N)nc(N)n1. The van der Waals surface area contributed by atoms with Crippen molar-refractivity contribution in [3.63, 3.8) is 0 Å². The average molecular weight is 139 g/mol. The Morgan fingerprint density at radius 2 is 1.60 bits per heavy atom. The zero-order valence-electron chi connectivity index (χ0n) is 4.94. The lowest BCUT2D eigenvalue weighted by Crippen LogP contribution is -2.01. The van der Waals surface area contributed by atoms with Crippen molar-refractivity contribution in [2.24, 2.45) is 5.11 Å². The third-order valence-corrected chi connectivity index (χ3v) is 0.758. The number of nitrogen functional groups attached to an aromatic ring is 2. The Balaban J connectivity index is 3.18. The van der Waals surface area contributed by atoms with Crippen LogP contribution in [0.5, 0.6) is 0 Å². The van der Waals surface area contributed by atoms with Gasteiger partial charge in [-0.2, -0.15) is 15.0 Å². The van der Waals surface area contributed by atoms with Gasteiger partial charge in [0.25, 0.3) is 5.95 Å². The van der Waals surface area contributed by atoms with Crippen LogP contribution >= 0.6 is 0 Å². The molecular formula is C3H5N7. The summed E-state index contributed by atoms with van der Waals surface area (Å²) in [6.45, 7) is 0. The molecule has 0 fully saturated rings. The second-order valence-electron chi connectivity index (χ2n) is 1.46. The zero-order chi connectivity index (χ0) is 7.56. The third kappa shape index (κ3) is 1.13. The van der Waals surface area contributed by atoms with Gasteiger partial charge >= 0.3 is 0 Å². The van der Waals surface area contributed by atoms with Gasteiger partial charge in [-0.25, -0.2) is 5.53 Å². The van der Waals surface area contributed by atoms with Crippen LogP contribution in [0.3, 0.4) is 0 Å². The summed E-state index contributed by atoms with van der Waals surface area (Å²) >= 11 is 0. The normalized spacial score (nSPS) is 9.20. The number of rotatable bonds is 1. The van der Waals surface area contributed by atoms with Crippen LogP contribution in [0.15, 0.2) is 5.11 Å². The summed E-state index contributed by atoms with van der Waals surface area (Å²) in [5, 5.41) is 2.92. The molecule has 0 aromatic carbocycles. The molecule has 5 N–H and O–H groups in total. The Morgan fingerprint density at radius 1 is 1.10 bits per heavy atom. The van der Waals surface area contributed by atoms with Crippen molar-refractivity contribution in [3.05, 3.63) is 0 Å². The average Bonchev–Trinajstić information content (AvgIpc) is 1.85. The molecule has 1 aromatic heterocycles. The summed E-state index contributed by atoms with van der Waals surface area (Å²) in [5.74, 6) is -0.137. The smallest absolute Gasteiger partial charge is 0.274 e. The van der Waals surface area contributed by atoms with Gasteiger partial charge < -0.3 is 11.5 Å². The summed E-state index contributed by atoms with van der Waals surface area (Å²) in [4.78, 5) is 10.4. The minimum absolute atomic E-state index is 0.0292. The molecule has 1 heterocycles. The first kappa shape index (κ1) is 6.33. The Bertz CT molecular complexity index is 235. The molecule has 0 saturated carbocycles. The van der Waals surface area contributed by atoms with Gasteiger partial charge in [-0.15, -0.1) is 5.11 Å². The van der Waals surface area contributed by atoms with Gasteiger partial charge in [0.2, 0.25) is 11.9 Å². The minimum atomic E-state index is -0.0787. The summed E-state index contributed by atoms with van der Waals surface area (Å²) in [5.41, 5.74) is 16.8. The molecular weight excluding hydrogens is 134 g/mol. The van der Waals surface area contributed by atoms with Crippen LogP contribution in [-0.2, 0) is 0 Å². The second kappa shape index (κ2) is 2.21. The van der Waals surface area contributed by atoms with Crippen molar-refractivity contribution in [2.45, 2.75) is 0 Å². The molecule has 7 heteroatoms. The second-order valence-corrected chi connectivity index (χ2v) is 1.46. The van der Waals surface area contributed by atoms with Crippen molar-refractivity contribution in [1.82, 2.24) is 15.0 Å². The number of hydrogen-bond donors (Lipinski definition) is 3. The quantitative estimate of drug-likeness (QED) is 0.460. The Morgan fingerprint density at radius 3 is 2.00 bits per heavy atom. The maximum absolute atomic E-state index is 6.50. The Labute approximate surface area is 56.0 Å². The van der Waals surface area contributed by atoms with Crippen LogP contribution in [0.25, 0.3) is 0 Å². The highest BCUT2D eigenvalue weighted by Gasteiger charge is 1.97. The van der Waals surface area contributed by atoms with Crippen LogP contribution in [0.1, 0.15) is 0 Å². The predicted octanol–water partition coefficient (Wildman–Crippen LogP) is -0.302. The molecule has 52 valence electrons. The van der Waals surface area contributed by atoms with Crippen molar-refractivity contribution in [1.29, 1.82) is 5.53 Å². The summed E-state index contributed by atoms with van der Waals surface area (Å²) in [7, 11) is 0. The molecule has 0 unspecified atom stereocenters. The maximum atomic E-state index is 6.50. The van der Waals surface area contributed by atoms with Crippen molar-refractivity contribution >= 4 is 17.8 Å². The van der Waals surface area contributed by atoms with Crippen LogP contribution in [0.2, 0.25) is 0 Å². The third-order valence-electron chi connectivity index (χ3n) is 0.758. The molecule has 0 bridgehead atoms. The molecule has 0 amide bonds. The van der Waals surface area contributed by atoms with Gasteiger partial charge in [0.15, 0.2) is 0 Å². The molecule has 0 aliphatic heterocycles. The topological polar surface area (TPSA) is 127 Å². The Hall–Kier alpha value is -1.79. The number of nitrogens with two attached hydrogens (primary N) is 2. The van der Waals surface area contributed by atoms with E-state index in [0.717, 1.165) is 0 Å². The number of hydrogen-bond acceptors (Lipinski definition) is 7. The molecule has 1 rings (SSSR count). The van der Waals surface area contributed by atoms with Crippen molar-refractivity contribution < 1.29 is 0 Å². The van der Waals surface area contributed by atoms with Gasteiger partial charge in [0.05, 0.1) is 0 Å². The van der Waals surface area contributed by atoms with Gasteiger partial charge in [-0.1, -0.05) is 0 Å². The highest BCUT2D eigenvalue weighted by Crippen LogP contribution is 2.05. The molecule has 0 aliphatic carbocycles. The monoisotopic (exact) mass is 139 g/mol. The van der Waals surface area contributed by atoms with Gasteiger partial charge in [-0.05, 0) is 0 Å². The number of anilines is 2. The van der Waals surface area contributed by atoms with Crippen molar-refractivity contribution in [3.8, 4) is 0 Å². The first-order chi connectivity index (χ1) is 4.72. The molecule has 0 spiro atoms. The van der Waals surface area contributed by atoms with Gasteiger partial charge in [0, 0.05) is 0 Å². The lowest BCUT2D eigenvalue weighted by atomic mass is 10.8. The maximum Gasteiger partial charge on any atom is 0.274 e. The first-order valence-electron chi connectivity index (χ1n) is 2.37. The molecule has 10 heavy (non-hydrogen) atoms. The molecule has 0 radical (unpaired) electrons. The van der Waals surface area contributed by atoms with E-state index in [-0.39, 0.29) is 17.8 Å². The van der Waals surface area contributed by atoms with E-state index in [1.807, 2.05) is 0 Å². The lowest BCUT2D eigenvalue weighted by Gasteiger charge is -1.93. The summed E-state index contributed by atoms with van der Waals surface area (Å²) < 4.78 is 0. The van der Waals surface area contributed by atoms with Crippen LogP contribution in [-0.4, -0.2) is 15.0 Å². The van der Waals surface area contributed by atoms with Gasteiger partial charge in [0.1, 0.15) is 0 Å². The fraction of sp³-hybridized carbons (Fsp3) is 0. The fourth-order valence-corrected chi connectivity index (χ4v) is 0.447. The van der Waals surface area contributed by atoms with E-state index in [2.05, 4.69) is 20.1 Å². The first-order valence-corrected chi connectivity index (χ1v) is 2.37. The minimum Gasteiger partial charge on any atom is -0.368 e. The van der Waals surface area contributed by atoms with E-state index in [4.69, 9.17) is 17.0 Å². The van der Waals surface area contributed by atoms with E-state index in [0.29, 0.717) is 0 Å². The highest BCUT2D eigenvalue weighted by atomic mass is 15.2. The van der Waals surface area contributed by atoms with E-state index >= 15 is 0 Å². The zero-order valence-corrected chi connectivity index (χ0v) is 4.94. The molecule has 7 nitrogen and oxygen atoms in total. The molecule has 1 aromatic rings. The fourth-order valence-electron chi connectivity index (χ4n) is 0.447. The van der Waals surface area contributed by atoms with Crippen LogP contribution < -0.4 is 11.5 Å². The summed E-state index contributed by atoms with van der Waals surface area (Å²) in [6.07, 6.45) is 0. The summed E-state index contributed by atoms with van der Waals surface area (Å²) in [6, 6.07) is 0. The number of nitrogens with one attached hydrogen (secondary N) is 1. The standard InChI is InChI=1S/C3H5N7/c4-1-7-2(5)9-3(8-1)10-6/h6H,(H4,4,5,7,8,9). The highest BCUT2D eigenvalue weighted by molar-refractivity contribution is 5.32. The molecule has 0 atom stereocenters. The molecule has 0 saturated heterocycles. The van der Waals surface area contributed by atoms with Crippen LogP contribution in [0.4, 0.5) is 17.8 Å². The Kier molecular flexibility index (Phi) is 1.40. The van der Waals surface area contributed by atoms with E-state index in [1.165, 1.54) is 0 Å². The molecule has 0 aliphatic rings. The van der Waals surface area contributed by atoms with Gasteiger partial charge in [-0.3, -0.25) is 0 Å². The number of aromatic nitrogens is 3.